The normalized spacial score (nSPS) is 11.9. The molecule has 6 nitrogen and oxygen atoms in total. The fourth-order valence-corrected chi connectivity index (χ4v) is 1.78. The van der Waals surface area contributed by atoms with Crippen LogP contribution in [0.1, 0.15) is 43.5 Å². The Morgan fingerprint density at radius 2 is 1.81 bits per heavy atom. The van der Waals surface area contributed by atoms with Gasteiger partial charge >= 0.3 is 5.97 Å². The standard InChI is InChI=1S/C15H20O6/c1-3-4-11(16)14-12(17)7-10(8-13(14)18)21-6-5-9(2)15(19)20/h7-9,17-18H,3-6H2,1-2H3,(H,19,20)/t9-/m1/s1. The molecule has 0 aliphatic heterocycles. The molecule has 0 unspecified atom stereocenters. The van der Waals surface area contributed by atoms with Gasteiger partial charge in [0.15, 0.2) is 5.78 Å². The van der Waals surface area contributed by atoms with Gasteiger partial charge in [0.2, 0.25) is 0 Å². The highest BCUT2D eigenvalue weighted by Gasteiger charge is 2.18. The maximum absolute atomic E-state index is 11.7. The Labute approximate surface area is 123 Å². The van der Waals surface area contributed by atoms with Crippen LogP contribution in [0.25, 0.3) is 0 Å². The summed E-state index contributed by atoms with van der Waals surface area (Å²) >= 11 is 0. The number of Topliss-reactive ketones (excluding diaryl/α,β-unsaturated/α-hetero) is 1. The number of aliphatic carboxylic acids is 1. The second-order valence-electron chi connectivity index (χ2n) is 4.89. The molecule has 0 fully saturated rings. The molecule has 1 aromatic rings. The van der Waals surface area contributed by atoms with Crippen molar-refractivity contribution in [2.45, 2.75) is 33.1 Å². The van der Waals surface area contributed by atoms with Crippen LogP contribution in [0, 0.1) is 5.92 Å². The Bertz CT molecular complexity index is 500. The van der Waals surface area contributed by atoms with Crippen LogP contribution in [0.15, 0.2) is 12.1 Å². The largest absolute Gasteiger partial charge is 0.507 e. The Kier molecular flexibility index (Phi) is 6.02. The fraction of sp³-hybridized carbons (Fsp3) is 0.467. The van der Waals surface area contributed by atoms with Gasteiger partial charge in [-0.05, 0) is 12.8 Å². The molecule has 0 amide bonds. The molecule has 1 atom stereocenters. The third kappa shape index (κ3) is 4.66. The molecule has 0 saturated heterocycles. The average Bonchev–Trinajstić information content (AvgIpc) is 2.37. The molecule has 0 heterocycles. The molecule has 0 aliphatic carbocycles. The Hall–Kier alpha value is -2.24. The van der Waals surface area contributed by atoms with Crippen LogP contribution in [0.3, 0.4) is 0 Å². The van der Waals surface area contributed by atoms with E-state index >= 15 is 0 Å². The predicted molar refractivity (Wildman–Crippen MR) is 75.9 cm³/mol. The van der Waals surface area contributed by atoms with Crippen molar-refractivity contribution in [3.8, 4) is 17.2 Å². The van der Waals surface area contributed by atoms with Crippen molar-refractivity contribution in [1.29, 1.82) is 0 Å². The van der Waals surface area contributed by atoms with E-state index in [2.05, 4.69) is 0 Å². The number of hydrogen-bond donors (Lipinski definition) is 3. The monoisotopic (exact) mass is 296 g/mol. The van der Waals surface area contributed by atoms with E-state index < -0.39 is 11.9 Å². The number of carbonyl (C=O) groups is 2. The summed E-state index contributed by atoms with van der Waals surface area (Å²) in [5.41, 5.74) is -0.108. The Balaban J connectivity index is 2.75. The molecule has 1 rings (SSSR count). The zero-order valence-electron chi connectivity index (χ0n) is 12.1. The lowest BCUT2D eigenvalue weighted by Crippen LogP contribution is -2.13. The predicted octanol–water partition coefficient (Wildman–Crippen LogP) is 2.57. The van der Waals surface area contributed by atoms with Gasteiger partial charge in [0.25, 0.3) is 0 Å². The van der Waals surface area contributed by atoms with Crippen LogP contribution < -0.4 is 4.74 Å². The van der Waals surface area contributed by atoms with E-state index in [4.69, 9.17) is 9.84 Å². The molecule has 0 spiro atoms. The van der Waals surface area contributed by atoms with E-state index in [0.717, 1.165) is 0 Å². The minimum Gasteiger partial charge on any atom is -0.507 e. The van der Waals surface area contributed by atoms with E-state index in [1.165, 1.54) is 12.1 Å². The third-order valence-corrected chi connectivity index (χ3v) is 3.07. The van der Waals surface area contributed by atoms with Crippen LogP contribution >= 0.6 is 0 Å². The second-order valence-corrected chi connectivity index (χ2v) is 4.89. The van der Waals surface area contributed by atoms with Crippen molar-refractivity contribution in [3.05, 3.63) is 17.7 Å². The molecule has 0 aromatic heterocycles. The van der Waals surface area contributed by atoms with Crippen molar-refractivity contribution < 1.29 is 29.6 Å². The van der Waals surface area contributed by atoms with Crippen LogP contribution in [-0.4, -0.2) is 33.7 Å². The number of ketones is 1. The summed E-state index contributed by atoms with van der Waals surface area (Å²) in [4.78, 5) is 22.4. The highest BCUT2D eigenvalue weighted by Crippen LogP contribution is 2.33. The number of benzene rings is 1. The minimum absolute atomic E-state index is 0.108. The second kappa shape index (κ2) is 7.52. The number of carboxylic acid groups (broad SMARTS) is 1. The number of aromatic hydroxyl groups is 2. The van der Waals surface area contributed by atoms with Gasteiger partial charge in [-0.2, -0.15) is 0 Å². The first-order chi connectivity index (χ1) is 9.86. The van der Waals surface area contributed by atoms with E-state index in [0.29, 0.717) is 12.8 Å². The maximum atomic E-state index is 11.7. The van der Waals surface area contributed by atoms with Gasteiger partial charge in [-0.1, -0.05) is 13.8 Å². The van der Waals surface area contributed by atoms with Gasteiger partial charge in [-0.25, -0.2) is 0 Å². The molecule has 1 aromatic carbocycles. The lowest BCUT2D eigenvalue weighted by molar-refractivity contribution is -0.141. The van der Waals surface area contributed by atoms with E-state index in [1.807, 2.05) is 6.92 Å². The number of carbonyl (C=O) groups excluding carboxylic acids is 1. The van der Waals surface area contributed by atoms with Crippen LogP contribution in [0.4, 0.5) is 0 Å². The minimum atomic E-state index is -0.912. The van der Waals surface area contributed by atoms with E-state index in [-0.39, 0.29) is 41.6 Å². The molecule has 0 radical (unpaired) electrons. The fourth-order valence-electron chi connectivity index (χ4n) is 1.78. The van der Waals surface area contributed by atoms with Gasteiger partial charge in [-0.15, -0.1) is 0 Å². The number of ether oxygens (including phenoxy) is 1. The average molecular weight is 296 g/mol. The first-order valence-electron chi connectivity index (χ1n) is 6.81. The quantitative estimate of drug-likeness (QED) is 0.637. The molecule has 0 aliphatic rings. The molecule has 116 valence electrons. The first-order valence-corrected chi connectivity index (χ1v) is 6.81. The van der Waals surface area contributed by atoms with Crippen molar-refractivity contribution in [1.82, 2.24) is 0 Å². The summed E-state index contributed by atoms with van der Waals surface area (Å²) in [5.74, 6) is -2.28. The van der Waals surface area contributed by atoms with Gasteiger partial charge in [0, 0.05) is 18.6 Å². The van der Waals surface area contributed by atoms with Crippen LogP contribution in [0.5, 0.6) is 17.2 Å². The van der Waals surface area contributed by atoms with Crippen molar-refractivity contribution >= 4 is 11.8 Å². The Morgan fingerprint density at radius 1 is 1.24 bits per heavy atom. The molecule has 0 bridgehead atoms. The first kappa shape index (κ1) is 16.8. The molecule has 3 N–H and O–H groups in total. The summed E-state index contributed by atoms with van der Waals surface area (Å²) in [6, 6.07) is 2.49. The van der Waals surface area contributed by atoms with Gasteiger partial charge in [0.05, 0.1) is 12.5 Å². The lowest BCUT2D eigenvalue weighted by atomic mass is 10.0. The van der Waals surface area contributed by atoms with Crippen LogP contribution in [-0.2, 0) is 4.79 Å². The highest BCUT2D eigenvalue weighted by atomic mass is 16.5. The molecular weight excluding hydrogens is 276 g/mol. The summed E-state index contributed by atoms with van der Waals surface area (Å²) in [5, 5.41) is 28.4. The van der Waals surface area contributed by atoms with E-state index in [1.54, 1.807) is 6.92 Å². The zero-order chi connectivity index (χ0) is 16.0. The van der Waals surface area contributed by atoms with E-state index in [9.17, 15) is 19.8 Å². The van der Waals surface area contributed by atoms with Gasteiger partial charge in [0.1, 0.15) is 22.8 Å². The molecule has 21 heavy (non-hydrogen) atoms. The van der Waals surface area contributed by atoms with Crippen LogP contribution in [0.2, 0.25) is 0 Å². The Morgan fingerprint density at radius 3 is 2.29 bits per heavy atom. The summed E-state index contributed by atoms with van der Waals surface area (Å²) in [7, 11) is 0. The smallest absolute Gasteiger partial charge is 0.306 e. The van der Waals surface area contributed by atoms with Crippen molar-refractivity contribution in [2.24, 2.45) is 5.92 Å². The molecule has 0 saturated carbocycles. The lowest BCUT2D eigenvalue weighted by Gasteiger charge is -2.11. The molecular formula is C15H20O6. The van der Waals surface area contributed by atoms with Gasteiger partial charge < -0.3 is 20.1 Å². The number of carboxylic acids is 1. The summed E-state index contributed by atoms with van der Waals surface area (Å²) in [6.45, 7) is 3.52. The third-order valence-electron chi connectivity index (χ3n) is 3.07. The zero-order valence-corrected chi connectivity index (χ0v) is 12.1. The number of hydrogen-bond acceptors (Lipinski definition) is 5. The summed E-state index contributed by atoms with van der Waals surface area (Å²) in [6.07, 6.45) is 1.15. The number of phenolic OH excluding ortho intramolecular Hbond substituents is 2. The van der Waals surface area contributed by atoms with Crippen molar-refractivity contribution in [2.75, 3.05) is 6.61 Å². The van der Waals surface area contributed by atoms with Crippen molar-refractivity contribution in [3.63, 3.8) is 0 Å². The number of rotatable bonds is 8. The van der Waals surface area contributed by atoms with Gasteiger partial charge in [-0.3, -0.25) is 9.59 Å². The summed E-state index contributed by atoms with van der Waals surface area (Å²) < 4.78 is 5.29. The SMILES string of the molecule is CCCC(=O)c1c(O)cc(OCC[C@@H](C)C(=O)O)cc1O. The maximum Gasteiger partial charge on any atom is 0.306 e. The number of phenols is 2. The molecule has 6 heteroatoms. The topological polar surface area (TPSA) is 104 Å². The highest BCUT2D eigenvalue weighted by molar-refractivity contribution is 6.01.